The molecule has 0 bridgehead atoms. The van der Waals surface area contributed by atoms with Crippen LogP contribution < -0.4 is 4.90 Å². The predicted molar refractivity (Wildman–Crippen MR) is 231 cm³/mol. The predicted octanol–water partition coefficient (Wildman–Crippen LogP) is 14.6. The van der Waals surface area contributed by atoms with Gasteiger partial charge in [-0.15, -0.1) is 0 Å². The maximum Gasteiger partial charge on any atom is 0.136 e. The quantitative estimate of drug-likeness (QED) is 0.172. The largest absolute Gasteiger partial charge is 0.456 e. The fourth-order valence-corrected chi connectivity index (χ4v) is 8.36. The second-order valence-electron chi connectivity index (χ2n) is 14.2. The molecule has 258 valence electrons. The highest BCUT2D eigenvalue weighted by atomic mass is 16.3. The van der Waals surface area contributed by atoms with Gasteiger partial charge < -0.3 is 13.9 Å². The van der Waals surface area contributed by atoms with E-state index < -0.39 is 0 Å². The van der Waals surface area contributed by atoms with Gasteiger partial charge in [0.25, 0.3) is 0 Å². The third kappa shape index (κ3) is 5.20. The van der Waals surface area contributed by atoms with Gasteiger partial charge in [-0.1, -0.05) is 133 Å². The van der Waals surface area contributed by atoms with E-state index in [1.165, 1.54) is 54.8 Å². The summed E-state index contributed by atoms with van der Waals surface area (Å²) < 4.78 is 8.75. The maximum atomic E-state index is 6.39. The molecule has 3 heteroatoms. The van der Waals surface area contributed by atoms with E-state index in [1.54, 1.807) is 0 Å². The van der Waals surface area contributed by atoms with Gasteiger partial charge in [0.05, 0.1) is 11.0 Å². The molecule has 0 saturated heterocycles. The number of hydrogen-bond donors (Lipinski definition) is 0. The van der Waals surface area contributed by atoms with Crippen LogP contribution in [-0.2, 0) is 0 Å². The van der Waals surface area contributed by atoms with Gasteiger partial charge in [-0.25, -0.2) is 0 Å². The van der Waals surface area contributed by atoms with Gasteiger partial charge in [-0.05, 0) is 106 Å². The van der Waals surface area contributed by atoms with E-state index in [1.807, 2.05) is 0 Å². The van der Waals surface area contributed by atoms with Crippen LogP contribution in [0.2, 0.25) is 0 Å². The van der Waals surface area contributed by atoms with Crippen molar-refractivity contribution in [2.45, 2.75) is 0 Å². The Balaban J connectivity index is 0.996. The van der Waals surface area contributed by atoms with Gasteiger partial charge in [0.1, 0.15) is 11.2 Å². The number of benzene rings is 9. The first-order valence-corrected chi connectivity index (χ1v) is 18.8. The van der Waals surface area contributed by atoms with Crippen molar-refractivity contribution in [3.05, 3.63) is 206 Å². The van der Waals surface area contributed by atoms with Crippen LogP contribution in [0, 0.1) is 0 Å². The number of fused-ring (bicyclic) bond motifs is 8. The van der Waals surface area contributed by atoms with Crippen molar-refractivity contribution in [3.8, 4) is 27.9 Å². The van der Waals surface area contributed by atoms with Gasteiger partial charge in [-0.2, -0.15) is 0 Å². The highest BCUT2D eigenvalue weighted by molar-refractivity contribution is 6.19. The lowest BCUT2D eigenvalue weighted by atomic mass is 10.0. The molecule has 55 heavy (non-hydrogen) atoms. The van der Waals surface area contributed by atoms with Gasteiger partial charge in [0.2, 0.25) is 0 Å². The molecule has 0 radical (unpaired) electrons. The summed E-state index contributed by atoms with van der Waals surface area (Å²) in [7, 11) is 0. The molecule has 2 heterocycles. The highest BCUT2D eigenvalue weighted by Crippen LogP contribution is 2.42. The van der Waals surface area contributed by atoms with Crippen LogP contribution in [0.4, 0.5) is 17.1 Å². The van der Waals surface area contributed by atoms with Crippen LogP contribution in [0.25, 0.3) is 82.5 Å². The molecule has 9 aromatic carbocycles. The fraction of sp³-hybridized carbons (Fsp3) is 0. The number of para-hydroxylation sites is 2. The highest BCUT2D eigenvalue weighted by Gasteiger charge is 2.18. The summed E-state index contributed by atoms with van der Waals surface area (Å²) in [4.78, 5) is 2.34. The molecule has 11 aromatic rings. The molecule has 11 rings (SSSR count). The minimum atomic E-state index is 0.884. The van der Waals surface area contributed by atoms with Crippen molar-refractivity contribution in [1.29, 1.82) is 0 Å². The Hall–Kier alpha value is -7.36. The summed E-state index contributed by atoms with van der Waals surface area (Å²) in [5, 5.41) is 7.19. The van der Waals surface area contributed by atoms with Crippen molar-refractivity contribution in [3.63, 3.8) is 0 Å². The van der Waals surface area contributed by atoms with Crippen molar-refractivity contribution in [1.82, 2.24) is 4.57 Å². The molecular formula is C52H34N2O. The van der Waals surface area contributed by atoms with Gasteiger partial charge in [0.15, 0.2) is 0 Å². The summed E-state index contributed by atoms with van der Waals surface area (Å²) in [6.07, 6.45) is 0. The molecule has 0 aliphatic heterocycles. The van der Waals surface area contributed by atoms with E-state index >= 15 is 0 Å². The van der Waals surface area contributed by atoms with E-state index in [-0.39, 0.29) is 0 Å². The molecule has 0 aliphatic carbocycles. The Morgan fingerprint density at radius 3 is 1.47 bits per heavy atom. The lowest BCUT2D eigenvalue weighted by molar-refractivity contribution is 0.669. The number of rotatable bonds is 6. The van der Waals surface area contributed by atoms with Crippen LogP contribution in [0.5, 0.6) is 0 Å². The first kappa shape index (κ1) is 31.2. The van der Waals surface area contributed by atoms with Crippen LogP contribution in [0.15, 0.2) is 211 Å². The zero-order valence-corrected chi connectivity index (χ0v) is 29.9. The van der Waals surface area contributed by atoms with Crippen LogP contribution in [-0.4, -0.2) is 4.57 Å². The van der Waals surface area contributed by atoms with E-state index in [4.69, 9.17) is 4.42 Å². The summed E-state index contributed by atoms with van der Waals surface area (Å²) in [6, 6.07) is 73.9. The van der Waals surface area contributed by atoms with Gasteiger partial charge in [0, 0.05) is 44.3 Å². The smallest absolute Gasteiger partial charge is 0.136 e. The summed E-state index contributed by atoms with van der Waals surface area (Å²) in [6.45, 7) is 0. The lowest BCUT2D eigenvalue weighted by Crippen LogP contribution is -2.09. The SMILES string of the molecule is c1ccc(-c2ccc(N(c3ccc(-c4ccc(-n5c6ccccc6c6ccccc65)cc4)cc3)c3ccc4oc5ccc6ccccc6c5c4c3)cc2)cc1. The van der Waals surface area contributed by atoms with Crippen molar-refractivity contribution in [2.75, 3.05) is 4.90 Å². The van der Waals surface area contributed by atoms with E-state index in [0.29, 0.717) is 0 Å². The third-order valence-electron chi connectivity index (χ3n) is 11.0. The number of hydrogen-bond acceptors (Lipinski definition) is 2. The lowest BCUT2D eigenvalue weighted by Gasteiger charge is -2.26. The summed E-state index contributed by atoms with van der Waals surface area (Å²) in [5.41, 5.74) is 13.3. The number of nitrogens with zero attached hydrogens (tertiary/aromatic N) is 2. The van der Waals surface area contributed by atoms with E-state index in [2.05, 4.69) is 216 Å². The second kappa shape index (κ2) is 12.6. The number of furan rings is 1. The summed E-state index contributed by atoms with van der Waals surface area (Å²) in [5.74, 6) is 0. The molecule has 0 aliphatic rings. The van der Waals surface area contributed by atoms with Crippen molar-refractivity contribution < 1.29 is 4.42 Å². The van der Waals surface area contributed by atoms with Crippen LogP contribution >= 0.6 is 0 Å². The maximum absolute atomic E-state index is 6.39. The normalized spacial score (nSPS) is 11.6. The number of aromatic nitrogens is 1. The Kier molecular flexibility index (Phi) is 7.17. The monoisotopic (exact) mass is 702 g/mol. The molecule has 0 fully saturated rings. The minimum Gasteiger partial charge on any atom is -0.456 e. The first-order valence-electron chi connectivity index (χ1n) is 18.8. The Morgan fingerprint density at radius 2 is 0.836 bits per heavy atom. The molecule has 0 N–H and O–H groups in total. The molecule has 0 saturated carbocycles. The Labute approximate surface area is 318 Å². The van der Waals surface area contributed by atoms with Crippen LogP contribution in [0.1, 0.15) is 0 Å². The Bertz CT molecular complexity index is 3120. The van der Waals surface area contributed by atoms with Crippen molar-refractivity contribution in [2.24, 2.45) is 0 Å². The molecule has 0 unspecified atom stereocenters. The molecule has 0 amide bonds. The van der Waals surface area contributed by atoms with E-state index in [9.17, 15) is 0 Å². The van der Waals surface area contributed by atoms with E-state index in [0.717, 1.165) is 44.7 Å². The van der Waals surface area contributed by atoms with Crippen molar-refractivity contribution >= 4 is 71.6 Å². The third-order valence-corrected chi connectivity index (χ3v) is 11.0. The van der Waals surface area contributed by atoms with Gasteiger partial charge in [-0.3, -0.25) is 0 Å². The zero-order chi connectivity index (χ0) is 36.3. The topological polar surface area (TPSA) is 21.3 Å². The molecular weight excluding hydrogens is 669 g/mol. The summed E-state index contributed by atoms with van der Waals surface area (Å²) >= 11 is 0. The minimum absolute atomic E-state index is 0.884. The Morgan fingerprint density at radius 1 is 0.345 bits per heavy atom. The standard InChI is InChI=1S/C52H34N2O/c1-2-10-35(11-3-1)36-18-25-40(26-19-36)53(43-31-33-50-47(34-43)52-44-13-5-4-12-39(44)24-32-51(52)55-50)41-27-20-37(21-28-41)38-22-29-42(30-23-38)54-48-16-8-6-14-45(48)46-15-7-9-17-49(46)54/h1-34H. The molecule has 0 spiro atoms. The zero-order valence-electron chi connectivity index (χ0n) is 29.9. The number of anilines is 3. The molecule has 0 atom stereocenters. The fourth-order valence-electron chi connectivity index (χ4n) is 8.36. The van der Waals surface area contributed by atoms with Gasteiger partial charge >= 0.3 is 0 Å². The first-order chi connectivity index (χ1) is 27.3. The molecule has 2 aromatic heterocycles. The molecule has 3 nitrogen and oxygen atoms in total. The average molecular weight is 703 g/mol. The average Bonchev–Trinajstić information content (AvgIpc) is 3.81. The van der Waals surface area contributed by atoms with Crippen LogP contribution in [0.3, 0.4) is 0 Å². The second-order valence-corrected chi connectivity index (χ2v) is 14.2.